The van der Waals surface area contributed by atoms with Crippen LogP contribution in [0.2, 0.25) is 0 Å². The fraction of sp³-hybridized carbons (Fsp3) is 0. The maximum atomic E-state index is 8.52. The average Bonchev–Trinajstić information content (AvgIpc) is 1.25. The number of hydrogen-bond acceptors (Lipinski definition) is 6. The monoisotopic (exact) mass is 347 g/mol. The smallest absolute Gasteiger partial charge is 0.813 e. The minimum absolute atomic E-state index is 0. The number of hydrogen-bond donors (Lipinski definition) is 0. The van der Waals surface area contributed by atoms with E-state index in [1.54, 1.807) is 0 Å². The number of rotatable bonds is 0. The van der Waals surface area contributed by atoms with Gasteiger partial charge in [0, 0.05) is 0 Å². The molecule has 0 saturated heterocycles. The summed E-state index contributed by atoms with van der Waals surface area (Å²) in [5.74, 6) is 0. The first-order chi connectivity index (χ1) is 3.46. The van der Waals surface area contributed by atoms with E-state index in [-0.39, 0.29) is 20.4 Å². The maximum absolute atomic E-state index is 8.52. The van der Waals surface area contributed by atoms with Gasteiger partial charge < -0.3 is 28.7 Å². The van der Waals surface area contributed by atoms with Gasteiger partial charge >= 0.3 is 20.4 Å². The van der Waals surface area contributed by atoms with Crippen molar-refractivity contribution in [3.8, 4) is 0 Å². The van der Waals surface area contributed by atoms with Crippen molar-refractivity contribution in [1.29, 1.82) is 0 Å². The van der Waals surface area contributed by atoms with E-state index in [1.807, 2.05) is 0 Å². The SMILES string of the molecule is O=[PH]([O-])[O-].O=[PH]([O-])[O-].[Re+4]. The van der Waals surface area contributed by atoms with Crippen molar-refractivity contribution in [1.82, 2.24) is 0 Å². The van der Waals surface area contributed by atoms with Gasteiger partial charge in [0.15, 0.2) is 0 Å². The van der Waals surface area contributed by atoms with Gasteiger partial charge in [-0.25, -0.2) is 0 Å². The Morgan fingerprint density at radius 2 is 0.778 bits per heavy atom. The van der Waals surface area contributed by atoms with E-state index in [1.165, 1.54) is 0 Å². The van der Waals surface area contributed by atoms with E-state index in [2.05, 4.69) is 0 Å². The van der Waals surface area contributed by atoms with Crippen LogP contribution in [0, 0.1) is 0 Å². The Kier molecular flexibility index (Phi) is 21.5. The molecule has 0 aromatic carbocycles. The molecule has 0 heterocycles. The summed E-state index contributed by atoms with van der Waals surface area (Å²) in [6, 6.07) is 0. The standard InChI is InChI=1S/2H3O3P.Re/c2*1-4(2)3;/h2*4H,(H2,1,2,3);/q;;+4/p-4. The molecule has 0 bridgehead atoms. The van der Waals surface area contributed by atoms with Crippen molar-refractivity contribution in [2.24, 2.45) is 0 Å². The summed E-state index contributed by atoms with van der Waals surface area (Å²) in [4.78, 5) is 34.1. The predicted octanol–water partition coefficient (Wildman–Crippen LogP) is -3.81. The minimum Gasteiger partial charge on any atom is -0.813 e. The molecule has 0 aliphatic rings. The zero-order valence-electron chi connectivity index (χ0n) is 3.83. The van der Waals surface area contributed by atoms with Crippen molar-refractivity contribution in [3.63, 3.8) is 0 Å². The summed E-state index contributed by atoms with van der Waals surface area (Å²) in [6.07, 6.45) is 0. The molecule has 0 fully saturated rings. The normalized spacial score (nSPS) is 7.78. The van der Waals surface area contributed by atoms with Gasteiger partial charge in [0.2, 0.25) is 0 Å². The largest absolute Gasteiger partial charge is 4.00 e. The molecule has 0 aliphatic heterocycles. The van der Waals surface area contributed by atoms with Gasteiger partial charge in [-0.2, -0.15) is 0 Å². The second-order valence-corrected chi connectivity index (χ2v) is 1.50. The van der Waals surface area contributed by atoms with Crippen LogP contribution in [-0.2, 0) is 29.6 Å². The molecule has 0 atom stereocenters. The van der Waals surface area contributed by atoms with Crippen LogP contribution in [0.15, 0.2) is 0 Å². The molecular weight excluding hydrogens is 344 g/mol. The van der Waals surface area contributed by atoms with E-state index < -0.39 is 16.5 Å². The second-order valence-electron chi connectivity index (χ2n) is 0.500. The van der Waals surface area contributed by atoms with Crippen LogP contribution in [-0.4, -0.2) is 0 Å². The fourth-order valence-corrected chi connectivity index (χ4v) is 0. The molecule has 6 nitrogen and oxygen atoms in total. The van der Waals surface area contributed by atoms with Crippen LogP contribution in [0.3, 0.4) is 0 Å². The zero-order chi connectivity index (χ0) is 7.15. The molecule has 0 N–H and O–H groups in total. The first-order valence-corrected chi connectivity index (χ1v) is 3.67. The Labute approximate surface area is 66.1 Å². The zero-order valence-corrected chi connectivity index (χ0v) is 8.54. The van der Waals surface area contributed by atoms with Crippen molar-refractivity contribution in [3.05, 3.63) is 0 Å². The maximum Gasteiger partial charge on any atom is 4.00 e. The molecule has 1 radical (unpaired) electrons. The van der Waals surface area contributed by atoms with Crippen LogP contribution in [0.1, 0.15) is 0 Å². The van der Waals surface area contributed by atoms with E-state index in [0.29, 0.717) is 0 Å². The third-order valence-corrected chi connectivity index (χ3v) is 0. The van der Waals surface area contributed by atoms with Gasteiger partial charge in [0.05, 0.1) is 0 Å². The quantitative estimate of drug-likeness (QED) is 0.414. The average molecular weight is 346 g/mol. The van der Waals surface area contributed by atoms with Gasteiger partial charge in [-0.3, -0.25) is 0 Å². The Bertz CT molecular complexity index is 69.1. The molecule has 0 aliphatic carbocycles. The van der Waals surface area contributed by atoms with Gasteiger partial charge in [-0.15, -0.1) is 0 Å². The van der Waals surface area contributed by atoms with Crippen LogP contribution in [0.5, 0.6) is 0 Å². The Morgan fingerprint density at radius 3 is 0.778 bits per heavy atom. The van der Waals surface area contributed by atoms with Crippen molar-refractivity contribution in [2.45, 2.75) is 0 Å². The fourth-order valence-electron chi connectivity index (χ4n) is 0. The van der Waals surface area contributed by atoms with Crippen LogP contribution >= 0.6 is 16.5 Å². The molecule has 9 heavy (non-hydrogen) atoms. The first kappa shape index (κ1) is 16.5. The molecule has 0 unspecified atom stereocenters. The molecule has 0 aromatic rings. The Hall–Kier alpha value is 0.962. The Morgan fingerprint density at radius 1 is 0.778 bits per heavy atom. The van der Waals surface area contributed by atoms with Gasteiger partial charge in [-0.1, -0.05) is 16.5 Å². The molecule has 0 saturated carbocycles. The molecule has 0 spiro atoms. The van der Waals surface area contributed by atoms with E-state index in [4.69, 9.17) is 28.7 Å². The van der Waals surface area contributed by atoms with Crippen LogP contribution in [0.25, 0.3) is 0 Å². The Balaban J connectivity index is -0.0000000720. The minimum atomic E-state index is -3.63. The molecular formula is H2O6P2Re. The summed E-state index contributed by atoms with van der Waals surface area (Å²) in [5.41, 5.74) is 0. The van der Waals surface area contributed by atoms with Gasteiger partial charge in [0.25, 0.3) is 0 Å². The van der Waals surface area contributed by atoms with Crippen molar-refractivity contribution < 1.29 is 49.1 Å². The molecule has 9 heteroatoms. The summed E-state index contributed by atoms with van der Waals surface area (Å²) in [7, 11) is -7.26. The summed E-state index contributed by atoms with van der Waals surface area (Å²) < 4.78 is 17.0. The van der Waals surface area contributed by atoms with E-state index >= 15 is 0 Å². The van der Waals surface area contributed by atoms with Crippen LogP contribution < -0.4 is 19.6 Å². The van der Waals surface area contributed by atoms with Crippen molar-refractivity contribution >= 4 is 16.5 Å². The molecule has 0 amide bonds. The topological polar surface area (TPSA) is 126 Å². The van der Waals surface area contributed by atoms with Gasteiger partial charge in [0.1, 0.15) is 0 Å². The molecule has 0 aromatic heterocycles. The third kappa shape index (κ3) is 469. The third-order valence-electron chi connectivity index (χ3n) is 0. The van der Waals surface area contributed by atoms with E-state index in [0.717, 1.165) is 0 Å². The second kappa shape index (κ2) is 11.7. The predicted molar refractivity (Wildman–Crippen MR) is 18.0 cm³/mol. The molecule has 0 rings (SSSR count). The first-order valence-electron chi connectivity index (χ1n) is 1.22. The van der Waals surface area contributed by atoms with Gasteiger partial charge in [-0.05, 0) is 0 Å². The summed E-state index contributed by atoms with van der Waals surface area (Å²) in [5, 5.41) is 0. The van der Waals surface area contributed by atoms with Crippen LogP contribution in [0.4, 0.5) is 0 Å². The van der Waals surface area contributed by atoms with E-state index in [9.17, 15) is 0 Å². The summed E-state index contributed by atoms with van der Waals surface area (Å²) in [6.45, 7) is 0. The molecule has 55 valence electrons. The summed E-state index contributed by atoms with van der Waals surface area (Å²) >= 11 is 0. The van der Waals surface area contributed by atoms with Crippen molar-refractivity contribution in [2.75, 3.05) is 0 Å².